The van der Waals surface area contributed by atoms with Crippen LogP contribution in [0.3, 0.4) is 0 Å². The predicted molar refractivity (Wildman–Crippen MR) is 86.7 cm³/mol. The van der Waals surface area contributed by atoms with Crippen LogP contribution in [0.25, 0.3) is 0 Å². The minimum Gasteiger partial charge on any atom is -0.494 e. The zero-order valence-corrected chi connectivity index (χ0v) is 13.8. The van der Waals surface area contributed by atoms with Gasteiger partial charge in [0, 0.05) is 24.6 Å². The van der Waals surface area contributed by atoms with Crippen LogP contribution in [0.5, 0.6) is 5.75 Å². The predicted octanol–water partition coefficient (Wildman–Crippen LogP) is 3.77. The van der Waals surface area contributed by atoms with Crippen LogP contribution < -0.4 is 10.1 Å². The Morgan fingerprint density at radius 3 is 2.71 bits per heavy atom. The lowest BCUT2D eigenvalue weighted by atomic mass is 9.61. The van der Waals surface area contributed by atoms with Crippen LogP contribution in [-0.2, 0) is 11.3 Å². The molecule has 0 spiro atoms. The average molecular weight is 291 g/mol. The fourth-order valence-electron chi connectivity index (χ4n) is 3.22. The van der Waals surface area contributed by atoms with Crippen molar-refractivity contribution >= 4 is 0 Å². The van der Waals surface area contributed by atoms with Gasteiger partial charge in [0.2, 0.25) is 0 Å². The highest BCUT2D eigenvalue weighted by Gasteiger charge is 2.50. The lowest BCUT2D eigenvalue weighted by Crippen LogP contribution is -2.61. The maximum atomic E-state index is 5.86. The first-order valence-electron chi connectivity index (χ1n) is 8.20. The second-order valence-electron chi connectivity index (χ2n) is 6.05. The molecule has 21 heavy (non-hydrogen) atoms. The number of benzene rings is 1. The molecule has 3 heteroatoms. The highest BCUT2D eigenvalue weighted by Crippen LogP contribution is 2.45. The van der Waals surface area contributed by atoms with E-state index in [4.69, 9.17) is 9.47 Å². The van der Waals surface area contributed by atoms with Crippen molar-refractivity contribution in [3.05, 3.63) is 29.8 Å². The van der Waals surface area contributed by atoms with E-state index in [0.717, 1.165) is 31.7 Å². The van der Waals surface area contributed by atoms with E-state index in [1.54, 1.807) is 0 Å². The Hall–Kier alpha value is -1.06. The SMILES string of the molecule is CCOc1cccc(CNC2CC(OCC)C2(C)CC)c1. The summed E-state index contributed by atoms with van der Waals surface area (Å²) in [5.41, 5.74) is 1.53. The van der Waals surface area contributed by atoms with Crippen LogP contribution in [0.1, 0.15) is 46.1 Å². The summed E-state index contributed by atoms with van der Waals surface area (Å²) in [5, 5.41) is 3.70. The Morgan fingerprint density at radius 2 is 2.05 bits per heavy atom. The molecule has 0 aliphatic heterocycles. The first-order chi connectivity index (χ1) is 10.1. The summed E-state index contributed by atoms with van der Waals surface area (Å²) in [6.07, 6.45) is 2.66. The van der Waals surface area contributed by atoms with Crippen LogP contribution in [0.2, 0.25) is 0 Å². The molecule has 0 radical (unpaired) electrons. The van der Waals surface area contributed by atoms with Crippen molar-refractivity contribution in [2.45, 2.75) is 59.2 Å². The monoisotopic (exact) mass is 291 g/mol. The van der Waals surface area contributed by atoms with Crippen molar-refractivity contribution in [3.8, 4) is 5.75 Å². The molecular weight excluding hydrogens is 262 g/mol. The normalized spacial score (nSPS) is 28.2. The molecule has 3 unspecified atom stereocenters. The van der Waals surface area contributed by atoms with Crippen molar-refractivity contribution in [3.63, 3.8) is 0 Å². The lowest BCUT2D eigenvalue weighted by Gasteiger charge is -2.53. The van der Waals surface area contributed by atoms with Crippen LogP contribution in [0.4, 0.5) is 0 Å². The molecule has 0 aromatic heterocycles. The zero-order chi connectivity index (χ0) is 15.3. The Kier molecular flexibility index (Phi) is 5.65. The summed E-state index contributed by atoms with van der Waals surface area (Å²) in [5.74, 6) is 0.954. The third kappa shape index (κ3) is 3.58. The van der Waals surface area contributed by atoms with Crippen molar-refractivity contribution in [1.82, 2.24) is 5.32 Å². The summed E-state index contributed by atoms with van der Waals surface area (Å²) in [7, 11) is 0. The Balaban J connectivity index is 1.90. The third-order valence-corrected chi connectivity index (χ3v) is 4.87. The van der Waals surface area contributed by atoms with E-state index in [1.165, 1.54) is 5.56 Å². The van der Waals surface area contributed by atoms with E-state index >= 15 is 0 Å². The molecule has 1 aliphatic carbocycles. The van der Waals surface area contributed by atoms with E-state index in [0.29, 0.717) is 18.8 Å². The van der Waals surface area contributed by atoms with Gasteiger partial charge in [-0.3, -0.25) is 0 Å². The second-order valence-corrected chi connectivity index (χ2v) is 6.05. The molecule has 1 N–H and O–H groups in total. The van der Waals surface area contributed by atoms with Gasteiger partial charge in [-0.05, 0) is 44.4 Å². The summed E-state index contributed by atoms with van der Waals surface area (Å²) in [4.78, 5) is 0. The molecule has 1 aromatic carbocycles. The Morgan fingerprint density at radius 1 is 1.24 bits per heavy atom. The molecule has 3 nitrogen and oxygen atoms in total. The molecule has 0 bridgehead atoms. The molecule has 1 fully saturated rings. The fraction of sp³-hybridized carbons (Fsp3) is 0.667. The van der Waals surface area contributed by atoms with Gasteiger partial charge in [-0.25, -0.2) is 0 Å². The van der Waals surface area contributed by atoms with Crippen LogP contribution in [0, 0.1) is 5.41 Å². The van der Waals surface area contributed by atoms with Crippen molar-refractivity contribution < 1.29 is 9.47 Å². The van der Waals surface area contributed by atoms with Gasteiger partial charge in [-0.15, -0.1) is 0 Å². The number of rotatable bonds is 8. The second kappa shape index (κ2) is 7.28. The number of nitrogens with one attached hydrogen (secondary N) is 1. The quantitative estimate of drug-likeness (QED) is 0.791. The minimum absolute atomic E-state index is 0.257. The van der Waals surface area contributed by atoms with Gasteiger partial charge in [0.05, 0.1) is 12.7 Å². The number of hydrogen-bond donors (Lipinski definition) is 1. The first kappa shape index (κ1) is 16.3. The maximum Gasteiger partial charge on any atom is 0.119 e. The van der Waals surface area contributed by atoms with Crippen molar-refractivity contribution in [1.29, 1.82) is 0 Å². The van der Waals surface area contributed by atoms with Gasteiger partial charge in [0.25, 0.3) is 0 Å². The Bertz CT molecular complexity index is 449. The summed E-state index contributed by atoms with van der Waals surface area (Å²) in [6, 6.07) is 8.88. The van der Waals surface area contributed by atoms with Gasteiger partial charge in [0.15, 0.2) is 0 Å². The molecule has 0 heterocycles. The van der Waals surface area contributed by atoms with Crippen LogP contribution in [-0.4, -0.2) is 25.4 Å². The van der Waals surface area contributed by atoms with E-state index in [2.05, 4.69) is 44.3 Å². The van der Waals surface area contributed by atoms with E-state index < -0.39 is 0 Å². The van der Waals surface area contributed by atoms with Crippen LogP contribution >= 0.6 is 0 Å². The molecule has 2 rings (SSSR count). The Labute approximate surface area is 129 Å². The lowest BCUT2D eigenvalue weighted by molar-refractivity contribution is -0.126. The standard InChI is InChI=1S/C18H29NO2/c1-5-18(4)16(12-17(18)21-7-3)19-13-14-9-8-10-15(11-14)20-6-2/h8-11,16-17,19H,5-7,12-13H2,1-4H3. The van der Waals surface area contributed by atoms with Crippen LogP contribution in [0.15, 0.2) is 24.3 Å². The third-order valence-electron chi connectivity index (χ3n) is 4.87. The first-order valence-corrected chi connectivity index (χ1v) is 8.20. The maximum absolute atomic E-state index is 5.86. The van der Waals surface area contributed by atoms with E-state index in [1.807, 2.05) is 13.0 Å². The zero-order valence-electron chi connectivity index (χ0n) is 13.8. The summed E-state index contributed by atoms with van der Waals surface area (Å²) < 4.78 is 11.4. The largest absolute Gasteiger partial charge is 0.494 e. The van der Waals surface area contributed by atoms with Gasteiger partial charge in [0.1, 0.15) is 5.75 Å². The van der Waals surface area contributed by atoms with Crippen molar-refractivity contribution in [2.24, 2.45) is 5.41 Å². The molecule has 118 valence electrons. The molecule has 0 saturated heterocycles. The summed E-state index contributed by atoms with van der Waals surface area (Å²) in [6.45, 7) is 11.1. The number of hydrogen-bond acceptors (Lipinski definition) is 3. The molecular formula is C18H29NO2. The molecule has 0 amide bonds. The number of ether oxygens (including phenoxy) is 2. The minimum atomic E-state index is 0.257. The van der Waals surface area contributed by atoms with Gasteiger partial charge in [-0.1, -0.05) is 26.0 Å². The van der Waals surface area contributed by atoms with E-state index in [9.17, 15) is 0 Å². The molecule has 1 saturated carbocycles. The summed E-state index contributed by atoms with van der Waals surface area (Å²) >= 11 is 0. The molecule has 1 aliphatic rings. The van der Waals surface area contributed by atoms with Gasteiger partial charge < -0.3 is 14.8 Å². The molecule has 3 atom stereocenters. The smallest absolute Gasteiger partial charge is 0.119 e. The highest BCUT2D eigenvalue weighted by molar-refractivity contribution is 5.28. The van der Waals surface area contributed by atoms with Crippen molar-refractivity contribution in [2.75, 3.05) is 13.2 Å². The fourth-order valence-corrected chi connectivity index (χ4v) is 3.22. The highest BCUT2D eigenvalue weighted by atomic mass is 16.5. The van der Waals surface area contributed by atoms with Gasteiger partial charge in [-0.2, -0.15) is 0 Å². The van der Waals surface area contributed by atoms with E-state index in [-0.39, 0.29) is 5.41 Å². The topological polar surface area (TPSA) is 30.5 Å². The average Bonchev–Trinajstić information content (AvgIpc) is 2.50. The molecule has 1 aromatic rings. The van der Waals surface area contributed by atoms with Gasteiger partial charge >= 0.3 is 0 Å².